The number of hydrogen-bond donors (Lipinski definition) is 3. The number of carbonyl (C=O) groups is 1. The van der Waals surface area contributed by atoms with E-state index in [2.05, 4.69) is 30.9 Å². The predicted octanol–water partition coefficient (Wildman–Crippen LogP) is 6.44. The maximum Gasteiger partial charge on any atom is 0.236 e. The van der Waals surface area contributed by atoms with Crippen molar-refractivity contribution >= 4 is 34.7 Å². The Morgan fingerprint density at radius 2 is 1.22 bits per heavy atom. The minimum absolute atomic E-state index is 0.0882. The first-order valence-corrected chi connectivity index (χ1v) is 12.0. The van der Waals surface area contributed by atoms with Gasteiger partial charge in [0.1, 0.15) is 23.3 Å². The highest BCUT2D eigenvalue weighted by molar-refractivity contribution is 5.98. The molecular weight excluding hydrogens is 460 g/mol. The Hall–Kier alpha value is -5.04. The van der Waals surface area contributed by atoms with Crippen LogP contribution in [-0.2, 0) is 4.79 Å². The fourth-order valence-corrected chi connectivity index (χ4v) is 4.05. The van der Waals surface area contributed by atoms with E-state index < -0.39 is 5.92 Å². The number of amides is 1. The molecule has 1 amide bonds. The van der Waals surface area contributed by atoms with Crippen molar-refractivity contribution in [3.63, 3.8) is 0 Å². The van der Waals surface area contributed by atoms with E-state index >= 15 is 0 Å². The Bertz CT molecular complexity index is 1420. The summed E-state index contributed by atoms with van der Waals surface area (Å²) in [5.41, 5.74) is 3.43. The zero-order valence-corrected chi connectivity index (χ0v) is 20.3. The Morgan fingerprint density at radius 1 is 0.649 bits per heavy atom. The summed E-state index contributed by atoms with van der Waals surface area (Å²) in [5.74, 6) is 2.13. The molecular formula is C30H26N6O. The average molecular weight is 487 g/mol. The molecule has 3 aromatic carbocycles. The largest absolute Gasteiger partial charge is 0.340 e. The molecule has 0 aliphatic heterocycles. The van der Waals surface area contributed by atoms with Gasteiger partial charge in [-0.2, -0.15) is 0 Å². The number of anilines is 5. The lowest BCUT2D eigenvalue weighted by atomic mass is 9.90. The highest BCUT2D eigenvalue weighted by Crippen LogP contribution is 2.27. The monoisotopic (exact) mass is 486 g/mol. The summed E-state index contributed by atoms with van der Waals surface area (Å²) in [7, 11) is 0. The molecule has 0 fully saturated rings. The van der Waals surface area contributed by atoms with Gasteiger partial charge >= 0.3 is 0 Å². The Kier molecular flexibility index (Phi) is 7.13. The maximum atomic E-state index is 13.4. The van der Waals surface area contributed by atoms with Gasteiger partial charge < -0.3 is 16.0 Å². The van der Waals surface area contributed by atoms with Crippen molar-refractivity contribution in [2.45, 2.75) is 12.8 Å². The molecule has 2 heterocycles. The fraction of sp³-hybridized carbons (Fsp3) is 0.0667. The first-order chi connectivity index (χ1) is 18.1. The summed E-state index contributed by atoms with van der Waals surface area (Å²) in [4.78, 5) is 26.5. The second kappa shape index (κ2) is 11.1. The first-order valence-electron chi connectivity index (χ1n) is 12.0. The molecule has 0 unspecified atom stereocenters. The molecule has 7 heteroatoms. The second-order valence-electron chi connectivity index (χ2n) is 8.47. The van der Waals surface area contributed by atoms with Crippen molar-refractivity contribution in [2.24, 2.45) is 0 Å². The molecule has 37 heavy (non-hydrogen) atoms. The first kappa shape index (κ1) is 23.7. The van der Waals surface area contributed by atoms with Gasteiger partial charge in [0.05, 0.1) is 5.92 Å². The average Bonchev–Trinajstić information content (AvgIpc) is 2.91. The van der Waals surface area contributed by atoms with Gasteiger partial charge in [-0.25, -0.2) is 15.0 Å². The number of aromatic nitrogens is 3. The highest BCUT2D eigenvalue weighted by Gasteiger charge is 2.22. The molecule has 182 valence electrons. The number of rotatable bonds is 8. The van der Waals surface area contributed by atoms with Crippen LogP contribution in [0.25, 0.3) is 0 Å². The number of hydrogen-bond acceptors (Lipinski definition) is 6. The standard InChI is InChI=1S/C30H26N6O/c1-21-32-27(20-28(33-21)36-26-14-8-9-19-31-26)34-24-15-17-25(18-16-24)35-30(37)29(22-10-4-2-5-11-22)23-12-6-3-7-13-23/h2-20,29H,1H3,(H,35,37)(H2,31,32,33,34,36). The highest BCUT2D eigenvalue weighted by atomic mass is 16.1. The van der Waals surface area contributed by atoms with E-state index in [4.69, 9.17) is 0 Å². The van der Waals surface area contributed by atoms with Gasteiger partial charge in [0.25, 0.3) is 0 Å². The molecule has 0 atom stereocenters. The van der Waals surface area contributed by atoms with Gasteiger partial charge in [-0.05, 0) is 54.4 Å². The quantitative estimate of drug-likeness (QED) is 0.234. The molecule has 7 nitrogen and oxygen atoms in total. The Labute approximate surface area is 215 Å². The molecule has 0 radical (unpaired) electrons. The van der Waals surface area contributed by atoms with E-state index in [1.54, 1.807) is 6.20 Å². The van der Waals surface area contributed by atoms with E-state index in [9.17, 15) is 4.79 Å². The Morgan fingerprint density at radius 3 is 1.81 bits per heavy atom. The molecule has 0 saturated heterocycles. The molecule has 0 spiro atoms. The van der Waals surface area contributed by atoms with Gasteiger partial charge in [-0.1, -0.05) is 66.7 Å². The van der Waals surface area contributed by atoms with Crippen LogP contribution in [-0.4, -0.2) is 20.9 Å². The number of carbonyl (C=O) groups excluding carboxylic acids is 1. The van der Waals surface area contributed by atoms with Crippen LogP contribution in [0.4, 0.5) is 28.8 Å². The topological polar surface area (TPSA) is 91.8 Å². The number of nitrogens with one attached hydrogen (secondary N) is 3. The second-order valence-corrected chi connectivity index (χ2v) is 8.47. The summed E-state index contributed by atoms with van der Waals surface area (Å²) in [6.07, 6.45) is 1.72. The van der Waals surface area contributed by atoms with Crippen molar-refractivity contribution in [3.05, 3.63) is 132 Å². The lowest BCUT2D eigenvalue weighted by Crippen LogP contribution is -2.22. The van der Waals surface area contributed by atoms with Gasteiger partial charge in [0.2, 0.25) is 5.91 Å². The molecule has 0 bridgehead atoms. The summed E-state index contributed by atoms with van der Waals surface area (Å²) < 4.78 is 0. The third-order valence-corrected chi connectivity index (χ3v) is 5.71. The van der Waals surface area contributed by atoms with Gasteiger partial charge in [-0.3, -0.25) is 4.79 Å². The lowest BCUT2D eigenvalue weighted by molar-refractivity contribution is -0.116. The summed E-state index contributed by atoms with van der Waals surface area (Å²) in [6, 6.07) is 34.6. The minimum Gasteiger partial charge on any atom is -0.340 e. The zero-order chi connectivity index (χ0) is 25.5. The van der Waals surface area contributed by atoms with Crippen LogP contribution in [0, 0.1) is 6.92 Å². The lowest BCUT2D eigenvalue weighted by Gasteiger charge is -2.18. The summed E-state index contributed by atoms with van der Waals surface area (Å²) in [6.45, 7) is 1.84. The summed E-state index contributed by atoms with van der Waals surface area (Å²) >= 11 is 0. The van der Waals surface area contributed by atoms with Crippen LogP contribution in [0.2, 0.25) is 0 Å². The third kappa shape index (κ3) is 6.15. The van der Waals surface area contributed by atoms with Crippen LogP contribution in [0.15, 0.2) is 115 Å². The molecule has 5 aromatic rings. The number of pyridine rings is 1. The van der Waals surface area contributed by atoms with Gasteiger partial charge in [0.15, 0.2) is 0 Å². The minimum atomic E-state index is -0.408. The maximum absolute atomic E-state index is 13.4. The molecule has 0 aliphatic carbocycles. The molecule has 0 saturated carbocycles. The summed E-state index contributed by atoms with van der Waals surface area (Å²) in [5, 5.41) is 9.56. The van der Waals surface area contributed by atoms with Crippen LogP contribution >= 0.6 is 0 Å². The number of nitrogens with zero attached hydrogens (tertiary/aromatic N) is 3. The van der Waals surface area contributed by atoms with Crippen molar-refractivity contribution in [1.29, 1.82) is 0 Å². The van der Waals surface area contributed by atoms with Crippen LogP contribution in [0.5, 0.6) is 0 Å². The SMILES string of the molecule is Cc1nc(Nc2ccc(NC(=O)C(c3ccccc3)c3ccccc3)cc2)cc(Nc2ccccn2)n1. The van der Waals surface area contributed by atoms with E-state index in [0.29, 0.717) is 29.0 Å². The molecule has 0 aliphatic rings. The van der Waals surface area contributed by atoms with E-state index in [1.165, 1.54) is 0 Å². The molecule has 5 rings (SSSR count). The number of benzene rings is 3. The van der Waals surface area contributed by atoms with Crippen LogP contribution in [0.3, 0.4) is 0 Å². The van der Waals surface area contributed by atoms with Crippen LogP contribution in [0.1, 0.15) is 22.9 Å². The molecule has 2 aromatic heterocycles. The van der Waals surface area contributed by atoms with Crippen molar-refractivity contribution < 1.29 is 4.79 Å². The van der Waals surface area contributed by atoms with E-state index in [1.807, 2.05) is 116 Å². The fourth-order valence-electron chi connectivity index (χ4n) is 4.05. The van der Waals surface area contributed by atoms with Crippen molar-refractivity contribution in [1.82, 2.24) is 15.0 Å². The molecule has 3 N–H and O–H groups in total. The van der Waals surface area contributed by atoms with Gasteiger partial charge in [-0.15, -0.1) is 0 Å². The van der Waals surface area contributed by atoms with Crippen molar-refractivity contribution in [2.75, 3.05) is 16.0 Å². The van der Waals surface area contributed by atoms with Gasteiger partial charge in [0, 0.05) is 23.6 Å². The normalized spacial score (nSPS) is 10.6. The van der Waals surface area contributed by atoms with Crippen LogP contribution < -0.4 is 16.0 Å². The predicted molar refractivity (Wildman–Crippen MR) is 147 cm³/mol. The number of aryl methyl sites for hydroxylation is 1. The van der Waals surface area contributed by atoms with Crippen molar-refractivity contribution in [3.8, 4) is 0 Å². The van der Waals surface area contributed by atoms with E-state index in [0.717, 1.165) is 16.8 Å². The smallest absolute Gasteiger partial charge is 0.236 e. The van der Waals surface area contributed by atoms with E-state index in [-0.39, 0.29) is 5.91 Å². The zero-order valence-electron chi connectivity index (χ0n) is 20.3. The Balaban J connectivity index is 1.29. The third-order valence-electron chi connectivity index (χ3n) is 5.71.